The van der Waals surface area contributed by atoms with E-state index < -0.39 is 0 Å². The number of benzene rings is 2. The van der Waals surface area contributed by atoms with Gasteiger partial charge in [-0.2, -0.15) is 0 Å². The zero-order valence-corrected chi connectivity index (χ0v) is 16.0. The van der Waals surface area contributed by atoms with Crippen molar-refractivity contribution in [3.05, 3.63) is 77.8 Å². The summed E-state index contributed by atoms with van der Waals surface area (Å²) in [5.74, 6) is 0.765. The van der Waals surface area contributed by atoms with Crippen LogP contribution in [-0.2, 0) is 6.42 Å². The molecule has 0 aliphatic carbocycles. The largest absolute Gasteiger partial charge is 0.494 e. The molecule has 0 unspecified atom stereocenters. The lowest BCUT2D eigenvalue weighted by atomic mass is 10.1. The molecule has 3 rings (SSSR count). The standard InChI is InChI=1S/C21H22ClN3O2/c1-2-17-6-3-4-7-20(17)25(21(26)24-14-12-23-16-24)13-5-15-27-19-10-8-18(22)9-11-19/h3-4,6-12,14,16H,2,5,13,15H2,1H3. The molecule has 0 aliphatic rings. The Morgan fingerprint density at radius 2 is 1.96 bits per heavy atom. The quantitative estimate of drug-likeness (QED) is 0.537. The fourth-order valence-electron chi connectivity index (χ4n) is 2.85. The monoisotopic (exact) mass is 383 g/mol. The topological polar surface area (TPSA) is 47.4 Å². The van der Waals surface area contributed by atoms with E-state index in [4.69, 9.17) is 16.3 Å². The molecule has 0 atom stereocenters. The number of amides is 1. The summed E-state index contributed by atoms with van der Waals surface area (Å²) in [4.78, 5) is 18.7. The van der Waals surface area contributed by atoms with Crippen LogP contribution in [0.2, 0.25) is 5.02 Å². The number of aromatic nitrogens is 2. The predicted molar refractivity (Wildman–Crippen MR) is 108 cm³/mol. The van der Waals surface area contributed by atoms with Gasteiger partial charge in [-0.05, 0) is 48.7 Å². The summed E-state index contributed by atoms with van der Waals surface area (Å²) < 4.78 is 7.25. The molecule has 0 saturated carbocycles. The van der Waals surface area contributed by atoms with Crippen molar-refractivity contribution >= 4 is 23.3 Å². The highest BCUT2D eigenvalue weighted by atomic mass is 35.5. The summed E-state index contributed by atoms with van der Waals surface area (Å²) in [6.45, 7) is 3.13. The van der Waals surface area contributed by atoms with E-state index in [0.717, 1.165) is 23.4 Å². The van der Waals surface area contributed by atoms with E-state index in [1.807, 2.05) is 36.4 Å². The van der Waals surface area contributed by atoms with Gasteiger partial charge in [0.2, 0.25) is 0 Å². The highest BCUT2D eigenvalue weighted by molar-refractivity contribution is 6.30. The number of hydrogen-bond donors (Lipinski definition) is 0. The molecule has 2 aromatic carbocycles. The second kappa shape index (κ2) is 9.24. The highest BCUT2D eigenvalue weighted by Gasteiger charge is 2.19. The Kier molecular flexibility index (Phi) is 6.49. The molecule has 6 heteroatoms. The first-order valence-electron chi connectivity index (χ1n) is 8.95. The van der Waals surface area contributed by atoms with Crippen LogP contribution in [0.3, 0.4) is 0 Å². The van der Waals surface area contributed by atoms with Gasteiger partial charge in [-0.1, -0.05) is 36.7 Å². The number of hydrogen-bond acceptors (Lipinski definition) is 3. The van der Waals surface area contributed by atoms with Gasteiger partial charge < -0.3 is 4.74 Å². The molecule has 0 aliphatic heterocycles. The summed E-state index contributed by atoms with van der Waals surface area (Å²) in [6.07, 6.45) is 6.33. The maximum Gasteiger partial charge on any atom is 0.333 e. The van der Waals surface area contributed by atoms with Crippen LogP contribution in [0.15, 0.2) is 67.3 Å². The van der Waals surface area contributed by atoms with Crippen LogP contribution in [0.25, 0.3) is 0 Å². The van der Waals surface area contributed by atoms with Crippen molar-refractivity contribution < 1.29 is 9.53 Å². The molecule has 0 bridgehead atoms. The summed E-state index contributed by atoms with van der Waals surface area (Å²) >= 11 is 5.89. The molecule has 140 valence electrons. The first kappa shape index (κ1) is 19.0. The van der Waals surface area contributed by atoms with Crippen molar-refractivity contribution in [3.8, 4) is 5.75 Å². The average molecular weight is 384 g/mol. The minimum atomic E-state index is -0.125. The molecule has 0 radical (unpaired) electrons. The predicted octanol–water partition coefficient (Wildman–Crippen LogP) is 5.04. The van der Waals surface area contributed by atoms with Gasteiger partial charge in [0, 0.05) is 29.6 Å². The third-order valence-electron chi connectivity index (χ3n) is 4.23. The normalized spacial score (nSPS) is 10.6. The zero-order valence-electron chi connectivity index (χ0n) is 15.2. The molecule has 1 amide bonds. The molecule has 0 fully saturated rings. The van der Waals surface area contributed by atoms with Crippen molar-refractivity contribution in [1.29, 1.82) is 0 Å². The van der Waals surface area contributed by atoms with Gasteiger partial charge in [0.05, 0.1) is 6.61 Å². The van der Waals surface area contributed by atoms with Crippen molar-refractivity contribution in [3.63, 3.8) is 0 Å². The van der Waals surface area contributed by atoms with Crippen molar-refractivity contribution in [2.45, 2.75) is 19.8 Å². The summed E-state index contributed by atoms with van der Waals surface area (Å²) in [5, 5.41) is 0.677. The number of nitrogens with zero attached hydrogens (tertiary/aromatic N) is 3. The maximum atomic E-state index is 13.0. The fraction of sp³-hybridized carbons (Fsp3) is 0.238. The molecular weight excluding hydrogens is 362 g/mol. The van der Waals surface area contributed by atoms with Crippen molar-refractivity contribution in [1.82, 2.24) is 9.55 Å². The molecule has 1 aromatic heterocycles. The van der Waals surface area contributed by atoms with Gasteiger partial charge in [-0.3, -0.25) is 9.47 Å². The van der Waals surface area contributed by atoms with Gasteiger partial charge in [0.1, 0.15) is 12.1 Å². The first-order valence-corrected chi connectivity index (χ1v) is 9.33. The molecule has 5 nitrogen and oxygen atoms in total. The van der Waals surface area contributed by atoms with Crippen LogP contribution in [-0.4, -0.2) is 28.7 Å². The smallest absolute Gasteiger partial charge is 0.333 e. The van der Waals surface area contributed by atoms with E-state index in [-0.39, 0.29) is 6.03 Å². The van der Waals surface area contributed by atoms with Gasteiger partial charge in [0.15, 0.2) is 0 Å². The van der Waals surface area contributed by atoms with Crippen LogP contribution in [0.4, 0.5) is 10.5 Å². The summed E-state index contributed by atoms with van der Waals surface area (Å²) in [6, 6.07) is 15.1. The fourth-order valence-corrected chi connectivity index (χ4v) is 2.97. The molecule has 0 saturated heterocycles. The number of rotatable bonds is 7. The minimum absolute atomic E-state index is 0.125. The molecule has 1 heterocycles. The van der Waals surface area contributed by atoms with Gasteiger partial charge >= 0.3 is 6.03 Å². The lowest BCUT2D eigenvalue weighted by molar-refractivity contribution is 0.246. The number of ether oxygens (including phenoxy) is 1. The van der Waals surface area contributed by atoms with E-state index in [2.05, 4.69) is 11.9 Å². The second-order valence-corrected chi connectivity index (χ2v) is 6.48. The Bertz CT molecular complexity index is 863. The van der Waals surface area contributed by atoms with E-state index in [1.54, 1.807) is 29.4 Å². The van der Waals surface area contributed by atoms with Crippen LogP contribution >= 0.6 is 11.6 Å². The summed E-state index contributed by atoms with van der Waals surface area (Å²) in [5.41, 5.74) is 2.05. The molecule has 27 heavy (non-hydrogen) atoms. The Morgan fingerprint density at radius 1 is 1.19 bits per heavy atom. The van der Waals surface area contributed by atoms with E-state index in [1.165, 1.54) is 10.9 Å². The van der Waals surface area contributed by atoms with Crippen LogP contribution in [0.1, 0.15) is 18.9 Å². The lowest BCUT2D eigenvalue weighted by Crippen LogP contribution is -2.36. The van der Waals surface area contributed by atoms with E-state index >= 15 is 0 Å². The second-order valence-electron chi connectivity index (χ2n) is 6.04. The number of imidazole rings is 1. The van der Waals surface area contributed by atoms with Crippen LogP contribution in [0.5, 0.6) is 5.75 Å². The lowest BCUT2D eigenvalue weighted by Gasteiger charge is -2.25. The zero-order chi connectivity index (χ0) is 19.1. The highest BCUT2D eigenvalue weighted by Crippen LogP contribution is 2.22. The molecule has 0 spiro atoms. The van der Waals surface area contributed by atoms with Crippen molar-refractivity contribution in [2.24, 2.45) is 0 Å². The van der Waals surface area contributed by atoms with Gasteiger partial charge in [-0.15, -0.1) is 0 Å². The van der Waals surface area contributed by atoms with E-state index in [9.17, 15) is 4.79 Å². The Balaban J connectivity index is 1.70. The molecule has 3 aromatic rings. The number of para-hydroxylation sites is 1. The molecule has 0 N–H and O–H groups in total. The van der Waals surface area contributed by atoms with Gasteiger partial charge in [0.25, 0.3) is 0 Å². The molecular formula is C21H22ClN3O2. The summed E-state index contributed by atoms with van der Waals surface area (Å²) in [7, 11) is 0. The number of halogens is 1. The Morgan fingerprint density at radius 3 is 2.67 bits per heavy atom. The van der Waals surface area contributed by atoms with Crippen molar-refractivity contribution in [2.75, 3.05) is 18.1 Å². The average Bonchev–Trinajstić information content (AvgIpc) is 3.24. The minimum Gasteiger partial charge on any atom is -0.494 e. The first-order chi connectivity index (χ1) is 13.2. The maximum absolute atomic E-state index is 13.0. The van der Waals surface area contributed by atoms with E-state index in [0.29, 0.717) is 24.6 Å². The van der Waals surface area contributed by atoms with Crippen LogP contribution < -0.4 is 9.64 Å². The number of aryl methyl sites for hydroxylation is 1. The van der Waals surface area contributed by atoms with Crippen LogP contribution in [0, 0.1) is 0 Å². The SMILES string of the molecule is CCc1ccccc1N(CCCOc1ccc(Cl)cc1)C(=O)n1ccnc1. The van der Waals surface area contributed by atoms with Gasteiger partial charge in [-0.25, -0.2) is 9.78 Å². The Labute approximate surface area is 164 Å². The number of carbonyl (C=O) groups excluding carboxylic acids is 1. The number of anilines is 1. The number of carbonyl (C=O) groups is 1. The third-order valence-corrected chi connectivity index (χ3v) is 4.48. The Hall–Kier alpha value is -2.79. The third kappa shape index (κ3) is 4.89.